The summed E-state index contributed by atoms with van der Waals surface area (Å²) in [6, 6.07) is 7.96. The molecule has 0 amide bonds. The van der Waals surface area contributed by atoms with E-state index in [-0.39, 0.29) is 12.5 Å². The second kappa shape index (κ2) is 9.43. The molecule has 0 bridgehead atoms. The average Bonchev–Trinajstić information content (AvgIpc) is 2.74. The highest BCUT2D eigenvalue weighted by Gasteiger charge is 2.34. The van der Waals surface area contributed by atoms with E-state index in [4.69, 9.17) is 9.72 Å². The molecule has 4 heterocycles. The van der Waals surface area contributed by atoms with Gasteiger partial charge in [0.2, 0.25) is 5.88 Å². The van der Waals surface area contributed by atoms with Crippen LogP contribution >= 0.6 is 0 Å². The molecule has 1 atom stereocenters. The molecule has 0 unspecified atom stereocenters. The van der Waals surface area contributed by atoms with Crippen LogP contribution in [0.3, 0.4) is 0 Å². The van der Waals surface area contributed by atoms with Crippen molar-refractivity contribution in [2.75, 3.05) is 32.1 Å². The fourth-order valence-corrected chi connectivity index (χ4v) is 4.46. The Morgan fingerprint density at radius 3 is 2.93 bits per heavy atom. The first-order chi connectivity index (χ1) is 14.6. The predicted molar refractivity (Wildman–Crippen MR) is 115 cm³/mol. The molecule has 2 aromatic rings. The summed E-state index contributed by atoms with van der Waals surface area (Å²) in [5.41, 5.74) is 3.42. The summed E-state index contributed by atoms with van der Waals surface area (Å²) in [5.74, 6) is 1.44. The number of aromatic nitrogens is 2. The highest BCUT2D eigenvalue weighted by atomic mass is 16.5. The molecule has 0 aromatic carbocycles. The van der Waals surface area contributed by atoms with Gasteiger partial charge in [-0.15, -0.1) is 0 Å². The predicted octanol–water partition coefficient (Wildman–Crippen LogP) is 3.31. The van der Waals surface area contributed by atoms with E-state index in [1.54, 1.807) is 19.4 Å². The number of carboxylic acid groups (broad SMARTS) is 1. The average molecular weight is 411 g/mol. The van der Waals surface area contributed by atoms with Gasteiger partial charge in [0.1, 0.15) is 5.82 Å². The quantitative estimate of drug-likeness (QED) is 0.656. The van der Waals surface area contributed by atoms with Crippen molar-refractivity contribution in [3.8, 4) is 5.88 Å². The van der Waals surface area contributed by atoms with Gasteiger partial charge in [-0.2, -0.15) is 0 Å². The van der Waals surface area contributed by atoms with E-state index < -0.39 is 5.97 Å². The van der Waals surface area contributed by atoms with E-state index in [0.29, 0.717) is 11.8 Å². The van der Waals surface area contributed by atoms with E-state index in [1.807, 2.05) is 6.07 Å². The second-order valence-electron chi connectivity index (χ2n) is 8.30. The van der Waals surface area contributed by atoms with Crippen LogP contribution in [-0.2, 0) is 17.6 Å². The van der Waals surface area contributed by atoms with E-state index in [2.05, 4.69) is 27.3 Å². The molecular formula is C23H30N4O3. The topological polar surface area (TPSA) is 87.6 Å². The summed E-state index contributed by atoms with van der Waals surface area (Å²) in [6.45, 7) is 2.88. The van der Waals surface area contributed by atoms with E-state index in [1.165, 1.54) is 12.0 Å². The Labute approximate surface area is 177 Å². The first kappa shape index (κ1) is 20.6. The van der Waals surface area contributed by atoms with Gasteiger partial charge < -0.3 is 15.2 Å². The fourth-order valence-electron chi connectivity index (χ4n) is 4.46. The summed E-state index contributed by atoms with van der Waals surface area (Å²) in [6.07, 6.45) is 7.37. The minimum atomic E-state index is -0.786. The number of pyridine rings is 2. The Morgan fingerprint density at radius 1 is 1.33 bits per heavy atom. The Bertz CT molecular complexity index is 865. The van der Waals surface area contributed by atoms with E-state index >= 15 is 0 Å². The summed E-state index contributed by atoms with van der Waals surface area (Å²) in [7, 11) is 1.58. The lowest BCUT2D eigenvalue weighted by Crippen LogP contribution is -2.48. The first-order valence-electron chi connectivity index (χ1n) is 10.8. The molecule has 2 N–H and O–H groups in total. The summed E-state index contributed by atoms with van der Waals surface area (Å²) in [4.78, 5) is 22.7. The minimum Gasteiger partial charge on any atom is -0.481 e. The van der Waals surface area contributed by atoms with Crippen LogP contribution in [0, 0.1) is 5.92 Å². The monoisotopic (exact) mass is 410 g/mol. The number of aryl methyl sites for hydroxylation is 2. The number of rotatable bonds is 9. The molecule has 160 valence electrons. The maximum atomic E-state index is 11.4. The van der Waals surface area contributed by atoms with Crippen molar-refractivity contribution in [2.24, 2.45) is 5.92 Å². The molecule has 2 aromatic heterocycles. The summed E-state index contributed by atoms with van der Waals surface area (Å²) >= 11 is 0. The lowest BCUT2D eigenvalue weighted by Gasteiger charge is -2.44. The third-order valence-electron chi connectivity index (χ3n) is 6.14. The van der Waals surface area contributed by atoms with Gasteiger partial charge in [-0.25, -0.2) is 9.97 Å². The number of carbonyl (C=O) groups is 1. The number of hydrogen-bond donors (Lipinski definition) is 2. The van der Waals surface area contributed by atoms with Crippen LogP contribution in [0.25, 0.3) is 0 Å². The van der Waals surface area contributed by atoms with Crippen LogP contribution in [0.1, 0.15) is 48.5 Å². The third kappa shape index (κ3) is 4.90. The molecule has 4 rings (SSSR count). The van der Waals surface area contributed by atoms with E-state index in [9.17, 15) is 9.90 Å². The molecule has 7 heteroatoms. The lowest BCUT2D eigenvalue weighted by molar-refractivity contribution is -0.139. The van der Waals surface area contributed by atoms with Crippen LogP contribution in [0.2, 0.25) is 0 Å². The Morgan fingerprint density at radius 2 is 2.20 bits per heavy atom. The highest BCUT2D eigenvalue weighted by Crippen LogP contribution is 2.33. The van der Waals surface area contributed by atoms with Gasteiger partial charge >= 0.3 is 5.97 Å². The van der Waals surface area contributed by atoms with Crippen molar-refractivity contribution >= 4 is 11.8 Å². The largest absolute Gasteiger partial charge is 0.481 e. The number of carboxylic acids is 1. The number of likely N-dealkylation sites (tertiary alicyclic amines) is 1. The molecule has 30 heavy (non-hydrogen) atoms. The van der Waals surface area contributed by atoms with Gasteiger partial charge in [0.15, 0.2) is 0 Å². The van der Waals surface area contributed by atoms with Gasteiger partial charge in [0.25, 0.3) is 0 Å². The number of hydrogen-bond acceptors (Lipinski definition) is 6. The van der Waals surface area contributed by atoms with Gasteiger partial charge in [-0.1, -0.05) is 12.1 Å². The van der Waals surface area contributed by atoms with Crippen LogP contribution < -0.4 is 10.1 Å². The standard InChI is InChI=1S/C23H30N4O3/c1-30-21-10-8-18(13-25-21)20(12-22(28)29)27-14-16(15-27)4-2-6-19-9-7-17-5-3-11-24-23(17)26-19/h7-10,13,16,20H,2-6,11-12,14-15H2,1H3,(H,24,26)(H,28,29)/t20-/m0/s1. The van der Waals surface area contributed by atoms with Gasteiger partial charge in [-0.3, -0.25) is 9.69 Å². The van der Waals surface area contributed by atoms with Crippen molar-refractivity contribution in [3.05, 3.63) is 47.3 Å². The van der Waals surface area contributed by atoms with Gasteiger partial charge in [-0.05, 0) is 55.2 Å². The van der Waals surface area contributed by atoms with Crippen LogP contribution in [0.15, 0.2) is 30.5 Å². The highest BCUT2D eigenvalue weighted by molar-refractivity contribution is 5.68. The number of methoxy groups -OCH3 is 1. The molecule has 2 aliphatic rings. The van der Waals surface area contributed by atoms with Gasteiger partial charge in [0.05, 0.1) is 13.5 Å². The molecule has 0 aliphatic carbocycles. The summed E-state index contributed by atoms with van der Waals surface area (Å²) < 4.78 is 5.11. The third-order valence-corrected chi connectivity index (χ3v) is 6.14. The number of nitrogens with zero attached hydrogens (tertiary/aromatic N) is 3. The number of fused-ring (bicyclic) bond motifs is 1. The molecule has 0 radical (unpaired) electrons. The minimum absolute atomic E-state index is 0.0901. The number of ether oxygens (including phenoxy) is 1. The normalized spacial score (nSPS) is 17.5. The molecule has 1 saturated heterocycles. The molecule has 0 spiro atoms. The fraction of sp³-hybridized carbons (Fsp3) is 0.522. The van der Waals surface area contributed by atoms with Crippen molar-refractivity contribution in [1.82, 2.24) is 14.9 Å². The Kier molecular flexibility index (Phi) is 6.47. The van der Waals surface area contributed by atoms with Crippen molar-refractivity contribution < 1.29 is 14.6 Å². The van der Waals surface area contributed by atoms with Crippen LogP contribution in [0.4, 0.5) is 5.82 Å². The zero-order chi connectivity index (χ0) is 20.9. The number of nitrogens with one attached hydrogen (secondary N) is 1. The Balaban J connectivity index is 1.26. The van der Waals surface area contributed by atoms with Gasteiger partial charge in [0, 0.05) is 43.6 Å². The second-order valence-corrected chi connectivity index (χ2v) is 8.30. The first-order valence-corrected chi connectivity index (χ1v) is 10.8. The molecule has 0 saturated carbocycles. The SMILES string of the molecule is COc1ccc([C@H](CC(=O)O)N2CC(CCCc3ccc4c(n3)NCCC4)C2)cn1. The van der Waals surface area contributed by atoms with Crippen LogP contribution in [-0.4, -0.2) is 52.7 Å². The lowest BCUT2D eigenvalue weighted by atomic mass is 9.89. The zero-order valence-corrected chi connectivity index (χ0v) is 17.5. The zero-order valence-electron chi connectivity index (χ0n) is 17.5. The number of aliphatic carboxylic acids is 1. The molecule has 1 fully saturated rings. The maximum Gasteiger partial charge on any atom is 0.305 e. The van der Waals surface area contributed by atoms with Crippen molar-refractivity contribution in [3.63, 3.8) is 0 Å². The van der Waals surface area contributed by atoms with Crippen molar-refractivity contribution in [1.29, 1.82) is 0 Å². The maximum absolute atomic E-state index is 11.4. The summed E-state index contributed by atoms with van der Waals surface area (Å²) in [5, 5.41) is 12.8. The molecule has 7 nitrogen and oxygen atoms in total. The van der Waals surface area contributed by atoms with E-state index in [0.717, 1.165) is 62.4 Å². The Hall–Kier alpha value is -2.67. The molecule has 2 aliphatic heterocycles. The smallest absolute Gasteiger partial charge is 0.305 e. The number of anilines is 1. The molecular weight excluding hydrogens is 380 g/mol. The van der Waals surface area contributed by atoms with Crippen LogP contribution in [0.5, 0.6) is 5.88 Å². The van der Waals surface area contributed by atoms with Crippen molar-refractivity contribution in [2.45, 2.75) is 44.6 Å².